The van der Waals surface area contributed by atoms with E-state index in [1.165, 1.54) is 24.3 Å². The Kier molecular flexibility index (Phi) is 4.18. The molecule has 0 atom stereocenters. The average molecular weight is 320 g/mol. The Labute approximate surface area is 129 Å². The zero-order chi connectivity index (χ0) is 16.5. The van der Waals surface area contributed by atoms with Gasteiger partial charge in [-0.15, -0.1) is 0 Å². The molecule has 0 fully saturated rings. The van der Waals surface area contributed by atoms with E-state index < -0.39 is 14.9 Å². The summed E-state index contributed by atoms with van der Waals surface area (Å²) in [6, 6.07) is 8.87. The van der Waals surface area contributed by atoms with E-state index in [1.54, 1.807) is 19.1 Å². The molecule has 0 aromatic heterocycles. The molecule has 7 heteroatoms. The number of rotatable bonds is 4. The summed E-state index contributed by atoms with van der Waals surface area (Å²) in [5, 5.41) is 10.7. The van der Waals surface area contributed by atoms with Gasteiger partial charge in [0.25, 0.3) is 15.7 Å². The first kappa shape index (κ1) is 16.0. The number of non-ortho nitro benzene ring substituents is 1. The van der Waals surface area contributed by atoms with Crippen molar-refractivity contribution in [3.63, 3.8) is 0 Å². The molecule has 6 nitrogen and oxygen atoms in total. The molecule has 0 spiro atoms. The third-order valence-corrected chi connectivity index (χ3v) is 4.82. The van der Waals surface area contributed by atoms with E-state index in [4.69, 9.17) is 0 Å². The Morgan fingerprint density at radius 2 is 1.64 bits per heavy atom. The van der Waals surface area contributed by atoms with Crippen molar-refractivity contribution >= 4 is 21.4 Å². The topological polar surface area (TPSA) is 89.3 Å². The number of benzene rings is 2. The molecule has 1 N–H and O–H groups in total. The highest BCUT2D eigenvalue weighted by Gasteiger charge is 2.17. The number of nitro benzene ring substituents is 1. The second kappa shape index (κ2) is 5.76. The fourth-order valence-corrected chi connectivity index (χ4v) is 3.18. The first-order valence-electron chi connectivity index (χ1n) is 6.56. The first-order chi connectivity index (χ1) is 10.2. The molecule has 0 saturated carbocycles. The van der Waals surface area contributed by atoms with E-state index in [9.17, 15) is 18.5 Å². The van der Waals surface area contributed by atoms with E-state index in [0.29, 0.717) is 11.3 Å². The van der Waals surface area contributed by atoms with E-state index in [-0.39, 0.29) is 10.6 Å². The molecule has 2 rings (SSSR count). The lowest BCUT2D eigenvalue weighted by Gasteiger charge is -2.11. The largest absolute Gasteiger partial charge is 0.279 e. The van der Waals surface area contributed by atoms with Crippen LogP contribution in [0.4, 0.5) is 11.4 Å². The second-order valence-electron chi connectivity index (χ2n) is 5.11. The van der Waals surface area contributed by atoms with Crippen LogP contribution in [0.5, 0.6) is 0 Å². The Morgan fingerprint density at radius 3 is 2.18 bits per heavy atom. The number of hydrogen-bond donors (Lipinski definition) is 1. The minimum Gasteiger partial charge on any atom is -0.279 e. The lowest BCUT2D eigenvalue weighted by molar-refractivity contribution is -0.384. The smallest absolute Gasteiger partial charge is 0.269 e. The fourth-order valence-electron chi connectivity index (χ4n) is 1.96. The van der Waals surface area contributed by atoms with Crippen LogP contribution in [-0.4, -0.2) is 13.3 Å². The molecular weight excluding hydrogens is 304 g/mol. The highest BCUT2D eigenvalue weighted by molar-refractivity contribution is 7.92. The second-order valence-corrected chi connectivity index (χ2v) is 6.79. The van der Waals surface area contributed by atoms with Gasteiger partial charge in [0.15, 0.2) is 0 Å². The van der Waals surface area contributed by atoms with Crippen LogP contribution in [0.15, 0.2) is 41.3 Å². The Bertz CT molecular complexity index is 845. The lowest BCUT2D eigenvalue weighted by Crippen LogP contribution is -2.14. The van der Waals surface area contributed by atoms with Gasteiger partial charge in [0.2, 0.25) is 0 Å². The molecule has 2 aromatic rings. The van der Waals surface area contributed by atoms with Gasteiger partial charge in [-0.2, -0.15) is 0 Å². The van der Waals surface area contributed by atoms with Crippen molar-refractivity contribution in [2.45, 2.75) is 25.7 Å². The highest BCUT2D eigenvalue weighted by Crippen LogP contribution is 2.24. The monoisotopic (exact) mass is 320 g/mol. The van der Waals surface area contributed by atoms with Crippen LogP contribution < -0.4 is 4.72 Å². The Balaban J connectivity index is 2.36. The number of anilines is 1. The first-order valence-corrected chi connectivity index (χ1v) is 8.04. The number of nitrogens with one attached hydrogen (secondary N) is 1. The summed E-state index contributed by atoms with van der Waals surface area (Å²) < 4.78 is 27.2. The third-order valence-electron chi connectivity index (χ3n) is 3.45. The maximum Gasteiger partial charge on any atom is 0.269 e. The zero-order valence-corrected chi connectivity index (χ0v) is 13.3. The van der Waals surface area contributed by atoms with Gasteiger partial charge >= 0.3 is 0 Å². The van der Waals surface area contributed by atoms with E-state index in [1.807, 2.05) is 13.8 Å². The summed E-state index contributed by atoms with van der Waals surface area (Å²) in [6.45, 7) is 5.36. The van der Waals surface area contributed by atoms with Crippen molar-refractivity contribution in [2.75, 3.05) is 4.72 Å². The van der Waals surface area contributed by atoms with Crippen molar-refractivity contribution in [3.8, 4) is 0 Å². The summed E-state index contributed by atoms with van der Waals surface area (Å²) in [5.41, 5.74) is 2.62. The zero-order valence-electron chi connectivity index (χ0n) is 12.5. The van der Waals surface area contributed by atoms with Gasteiger partial charge < -0.3 is 0 Å². The molecule has 0 aliphatic carbocycles. The maximum atomic E-state index is 12.4. The summed E-state index contributed by atoms with van der Waals surface area (Å²) >= 11 is 0. The summed E-state index contributed by atoms with van der Waals surface area (Å²) in [7, 11) is -3.73. The number of aryl methyl sites for hydroxylation is 3. The summed E-state index contributed by atoms with van der Waals surface area (Å²) in [4.78, 5) is 10.3. The molecule has 0 heterocycles. The molecule has 2 aromatic carbocycles. The molecule has 0 unspecified atom stereocenters. The molecule has 0 saturated heterocycles. The number of nitrogens with zero attached hydrogens (tertiary/aromatic N) is 1. The van der Waals surface area contributed by atoms with Crippen molar-refractivity contribution in [1.29, 1.82) is 0 Å². The SMILES string of the molecule is Cc1ccc(S(=O)(=O)Nc2ccc([N+](=O)[O-])cc2C)cc1C. The molecule has 0 aliphatic heterocycles. The quantitative estimate of drug-likeness (QED) is 0.691. The highest BCUT2D eigenvalue weighted by atomic mass is 32.2. The predicted octanol–water partition coefficient (Wildman–Crippen LogP) is 3.32. The number of nitro groups is 1. The number of hydrogen-bond acceptors (Lipinski definition) is 4. The standard InChI is InChI=1S/C15H16N2O4S/c1-10-4-6-14(9-11(10)2)22(20,21)16-15-7-5-13(17(18)19)8-12(15)3/h4-9,16H,1-3H3. The lowest BCUT2D eigenvalue weighted by atomic mass is 10.1. The molecular formula is C15H16N2O4S. The van der Waals surface area contributed by atoms with Gasteiger partial charge in [0.1, 0.15) is 0 Å². The van der Waals surface area contributed by atoms with Crippen LogP contribution in [-0.2, 0) is 10.0 Å². The van der Waals surface area contributed by atoms with Gasteiger partial charge in [-0.3, -0.25) is 14.8 Å². The van der Waals surface area contributed by atoms with Crippen LogP contribution in [0, 0.1) is 30.9 Å². The predicted molar refractivity (Wildman–Crippen MR) is 84.6 cm³/mol. The van der Waals surface area contributed by atoms with Crippen molar-refractivity contribution in [2.24, 2.45) is 0 Å². The molecule has 116 valence electrons. The minimum atomic E-state index is -3.73. The van der Waals surface area contributed by atoms with Crippen molar-refractivity contribution in [3.05, 3.63) is 63.2 Å². The summed E-state index contributed by atoms with van der Waals surface area (Å²) in [5.74, 6) is 0. The number of sulfonamides is 1. The summed E-state index contributed by atoms with van der Waals surface area (Å²) in [6.07, 6.45) is 0. The van der Waals surface area contributed by atoms with Crippen LogP contribution in [0.25, 0.3) is 0 Å². The van der Waals surface area contributed by atoms with Gasteiger partial charge in [0.05, 0.1) is 15.5 Å². The maximum absolute atomic E-state index is 12.4. The van der Waals surface area contributed by atoms with Gasteiger partial charge in [-0.25, -0.2) is 8.42 Å². The van der Waals surface area contributed by atoms with Crippen LogP contribution in [0.2, 0.25) is 0 Å². The van der Waals surface area contributed by atoms with Crippen LogP contribution in [0.3, 0.4) is 0 Å². The third kappa shape index (κ3) is 3.25. The van der Waals surface area contributed by atoms with E-state index >= 15 is 0 Å². The normalized spacial score (nSPS) is 11.2. The molecule has 22 heavy (non-hydrogen) atoms. The Hall–Kier alpha value is -2.41. The van der Waals surface area contributed by atoms with Crippen molar-refractivity contribution < 1.29 is 13.3 Å². The molecule has 0 radical (unpaired) electrons. The molecule has 0 amide bonds. The Morgan fingerprint density at radius 1 is 0.955 bits per heavy atom. The van der Waals surface area contributed by atoms with E-state index in [2.05, 4.69) is 4.72 Å². The average Bonchev–Trinajstić information content (AvgIpc) is 2.43. The minimum absolute atomic E-state index is 0.0772. The van der Waals surface area contributed by atoms with Crippen LogP contribution in [0.1, 0.15) is 16.7 Å². The molecule has 0 aliphatic rings. The van der Waals surface area contributed by atoms with Gasteiger partial charge in [-0.1, -0.05) is 6.07 Å². The van der Waals surface area contributed by atoms with Gasteiger partial charge in [0, 0.05) is 12.1 Å². The molecule has 0 bridgehead atoms. The van der Waals surface area contributed by atoms with Crippen molar-refractivity contribution in [1.82, 2.24) is 0 Å². The van der Waals surface area contributed by atoms with Gasteiger partial charge in [-0.05, 0) is 55.7 Å². The van der Waals surface area contributed by atoms with E-state index in [0.717, 1.165) is 11.1 Å². The fraction of sp³-hybridized carbons (Fsp3) is 0.200. The van der Waals surface area contributed by atoms with Crippen LogP contribution >= 0.6 is 0 Å².